The Hall–Kier alpha value is -3.06. The highest BCUT2D eigenvalue weighted by atomic mass is 19.1. The van der Waals surface area contributed by atoms with Gasteiger partial charge in [-0.25, -0.2) is 4.39 Å². The Balaban J connectivity index is 1.13. The molecule has 5 rings (SSSR count). The zero-order chi connectivity index (χ0) is 21.9. The third-order valence-corrected chi connectivity index (χ3v) is 6.57. The normalized spacial score (nSPS) is 19.5. The first kappa shape index (κ1) is 20.8. The molecule has 6 nitrogen and oxygen atoms in total. The number of hydrogen-bond donors (Lipinski definition) is 1. The minimum atomic E-state index is -0.298. The highest BCUT2D eigenvalue weighted by Gasteiger charge is 2.29. The van der Waals surface area contributed by atoms with Gasteiger partial charge in [-0.3, -0.25) is 9.69 Å². The molecule has 1 N–H and O–H groups in total. The first-order valence-corrected chi connectivity index (χ1v) is 11.3. The van der Waals surface area contributed by atoms with E-state index in [1.165, 1.54) is 23.3 Å². The fourth-order valence-corrected chi connectivity index (χ4v) is 4.77. The Labute approximate surface area is 186 Å². The number of benzene rings is 2. The Morgan fingerprint density at radius 3 is 2.69 bits per heavy atom. The lowest BCUT2D eigenvalue weighted by molar-refractivity contribution is -0.127. The summed E-state index contributed by atoms with van der Waals surface area (Å²) in [5, 5.41) is 7.37. The van der Waals surface area contributed by atoms with E-state index in [1.54, 1.807) is 12.1 Å². The molecule has 0 radical (unpaired) electrons. The molecule has 3 aromatic rings. The van der Waals surface area contributed by atoms with Crippen molar-refractivity contribution >= 4 is 5.91 Å². The van der Waals surface area contributed by atoms with E-state index >= 15 is 0 Å². The number of carbonyl (C=O) groups is 1. The van der Waals surface area contributed by atoms with Crippen molar-refractivity contribution in [3.63, 3.8) is 0 Å². The van der Waals surface area contributed by atoms with E-state index < -0.39 is 0 Å². The number of nitrogens with one attached hydrogen (secondary N) is 1. The lowest BCUT2D eigenvalue weighted by atomic mass is 9.87. The molecule has 1 aromatic heterocycles. The van der Waals surface area contributed by atoms with Crippen LogP contribution in [0.25, 0.3) is 11.5 Å². The zero-order valence-corrected chi connectivity index (χ0v) is 18.0. The van der Waals surface area contributed by atoms with Crippen LogP contribution in [0.4, 0.5) is 4.39 Å². The van der Waals surface area contributed by atoms with Crippen LogP contribution < -0.4 is 5.32 Å². The lowest BCUT2D eigenvalue weighted by Crippen LogP contribution is -2.42. The number of hydrogen-bond acceptors (Lipinski definition) is 5. The van der Waals surface area contributed by atoms with E-state index in [4.69, 9.17) is 4.52 Å². The molecule has 32 heavy (non-hydrogen) atoms. The van der Waals surface area contributed by atoms with Gasteiger partial charge in [0, 0.05) is 11.5 Å². The Morgan fingerprint density at radius 1 is 1.09 bits per heavy atom. The van der Waals surface area contributed by atoms with E-state index in [-0.39, 0.29) is 23.7 Å². The molecule has 1 saturated heterocycles. The maximum absolute atomic E-state index is 13.1. The smallest absolute Gasteiger partial charge is 0.257 e. The fourth-order valence-electron chi connectivity index (χ4n) is 4.77. The first-order valence-electron chi connectivity index (χ1n) is 11.3. The Morgan fingerprint density at radius 2 is 1.88 bits per heavy atom. The van der Waals surface area contributed by atoms with Crippen LogP contribution in [0, 0.1) is 11.7 Å². The average Bonchev–Trinajstić information content (AvgIpc) is 3.29. The molecular weight excluding hydrogens is 407 g/mol. The predicted molar refractivity (Wildman–Crippen MR) is 118 cm³/mol. The highest BCUT2D eigenvalue weighted by Crippen LogP contribution is 2.30. The number of aromatic nitrogens is 2. The zero-order valence-electron chi connectivity index (χ0n) is 18.0. The summed E-state index contributed by atoms with van der Waals surface area (Å²) in [6, 6.07) is 14.6. The summed E-state index contributed by atoms with van der Waals surface area (Å²) >= 11 is 0. The van der Waals surface area contributed by atoms with Gasteiger partial charge >= 0.3 is 0 Å². The van der Waals surface area contributed by atoms with E-state index in [9.17, 15) is 9.18 Å². The molecule has 2 aliphatic rings. The minimum Gasteiger partial charge on any atom is -0.349 e. The summed E-state index contributed by atoms with van der Waals surface area (Å²) in [6.07, 6.45) is 4.87. The molecule has 1 amide bonds. The second-order valence-corrected chi connectivity index (χ2v) is 8.73. The summed E-state index contributed by atoms with van der Waals surface area (Å²) in [5.74, 6) is 0.908. The van der Waals surface area contributed by atoms with E-state index in [0.29, 0.717) is 23.8 Å². The van der Waals surface area contributed by atoms with Crippen molar-refractivity contribution in [3.05, 3.63) is 71.3 Å². The van der Waals surface area contributed by atoms with Crippen LogP contribution in [0.3, 0.4) is 0 Å². The Bertz CT molecular complexity index is 1070. The maximum Gasteiger partial charge on any atom is 0.257 e. The van der Waals surface area contributed by atoms with E-state index in [0.717, 1.165) is 45.2 Å². The number of fused-ring (bicyclic) bond motifs is 1. The maximum atomic E-state index is 13.1. The average molecular weight is 435 g/mol. The molecule has 166 valence electrons. The minimum absolute atomic E-state index is 0.0420. The van der Waals surface area contributed by atoms with Gasteiger partial charge in [0.15, 0.2) is 5.82 Å². The first-order chi connectivity index (χ1) is 15.7. The van der Waals surface area contributed by atoms with Gasteiger partial charge in [-0.05, 0) is 80.6 Å². The second-order valence-electron chi connectivity index (χ2n) is 8.73. The molecule has 0 unspecified atom stereocenters. The van der Waals surface area contributed by atoms with Crippen LogP contribution in [0.1, 0.15) is 48.7 Å². The van der Waals surface area contributed by atoms with E-state index in [2.05, 4.69) is 44.6 Å². The van der Waals surface area contributed by atoms with Crippen LogP contribution in [-0.2, 0) is 17.8 Å². The quantitative estimate of drug-likeness (QED) is 0.649. The van der Waals surface area contributed by atoms with Crippen LogP contribution in [-0.4, -0.2) is 34.0 Å². The summed E-state index contributed by atoms with van der Waals surface area (Å²) in [7, 11) is 0. The molecule has 0 bridgehead atoms. The molecule has 1 fully saturated rings. The predicted octanol–water partition coefficient (Wildman–Crippen LogP) is 4.28. The monoisotopic (exact) mass is 434 g/mol. The van der Waals surface area contributed by atoms with Gasteiger partial charge in [-0.2, -0.15) is 4.98 Å². The number of halogens is 1. The van der Waals surface area contributed by atoms with Gasteiger partial charge in [0.2, 0.25) is 5.91 Å². The molecule has 7 heteroatoms. The van der Waals surface area contributed by atoms with Crippen LogP contribution in [0.2, 0.25) is 0 Å². The number of carbonyl (C=O) groups excluding carboxylic acids is 1. The number of nitrogens with zero attached hydrogens (tertiary/aromatic N) is 3. The van der Waals surface area contributed by atoms with Crippen LogP contribution >= 0.6 is 0 Å². The third kappa shape index (κ3) is 4.58. The number of amides is 1. The number of aryl methyl sites for hydroxylation is 1. The largest absolute Gasteiger partial charge is 0.349 e. The van der Waals surface area contributed by atoms with Crippen molar-refractivity contribution in [1.29, 1.82) is 0 Å². The molecule has 1 aliphatic heterocycles. The molecule has 2 heterocycles. The van der Waals surface area contributed by atoms with Gasteiger partial charge in [0.25, 0.3) is 5.89 Å². The van der Waals surface area contributed by atoms with Crippen molar-refractivity contribution < 1.29 is 13.7 Å². The molecule has 1 atom stereocenters. The molecule has 1 aliphatic carbocycles. The summed E-state index contributed by atoms with van der Waals surface area (Å²) < 4.78 is 18.4. The van der Waals surface area contributed by atoms with Gasteiger partial charge in [0.1, 0.15) is 5.82 Å². The molecular formula is C25H27FN4O2. The number of likely N-dealkylation sites (tertiary alicyclic amines) is 1. The summed E-state index contributed by atoms with van der Waals surface area (Å²) in [4.78, 5) is 19.6. The molecule has 0 spiro atoms. The van der Waals surface area contributed by atoms with Gasteiger partial charge < -0.3 is 9.84 Å². The van der Waals surface area contributed by atoms with Crippen molar-refractivity contribution in [2.24, 2.45) is 5.92 Å². The highest BCUT2D eigenvalue weighted by molar-refractivity contribution is 5.79. The fraction of sp³-hybridized carbons (Fsp3) is 0.400. The van der Waals surface area contributed by atoms with Gasteiger partial charge in [-0.15, -0.1) is 0 Å². The van der Waals surface area contributed by atoms with E-state index in [1.807, 2.05) is 0 Å². The molecule has 0 saturated carbocycles. The lowest BCUT2D eigenvalue weighted by Gasteiger charge is -2.32. The number of rotatable bonds is 5. The van der Waals surface area contributed by atoms with Gasteiger partial charge in [-0.1, -0.05) is 29.4 Å². The topological polar surface area (TPSA) is 71.3 Å². The summed E-state index contributed by atoms with van der Waals surface area (Å²) in [6.45, 7) is 2.22. The van der Waals surface area contributed by atoms with Crippen molar-refractivity contribution in [2.75, 3.05) is 13.1 Å². The number of piperidine rings is 1. The Kier molecular flexibility index (Phi) is 5.99. The van der Waals surface area contributed by atoms with Crippen LogP contribution in [0.5, 0.6) is 0 Å². The summed E-state index contributed by atoms with van der Waals surface area (Å²) in [5.41, 5.74) is 3.34. The standard InChI is InChI=1S/C25H27FN4O2/c26-20-10-8-19(9-11-20)25-28-23(29-32-25)16-30-14-12-18(13-15-30)24(31)27-22-7-3-5-17-4-1-2-6-21(17)22/h1-2,4,6,8-11,18,22H,3,5,7,12-16H2,(H,27,31)/t22-/m0/s1. The SMILES string of the molecule is O=C(N[C@H]1CCCc2ccccc21)C1CCN(Cc2noc(-c3ccc(F)cc3)n2)CC1. The van der Waals surface area contributed by atoms with Gasteiger partial charge in [0.05, 0.1) is 12.6 Å². The van der Waals surface area contributed by atoms with Crippen LogP contribution in [0.15, 0.2) is 53.1 Å². The molecule has 2 aromatic carbocycles. The second kappa shape index (κ2) is 9.20. The van der Waals surface area contributed by atoms with Crippen molar-refractivity contribution in [2.45, 2.75) is 44.7 Å². The van der Waals surface area contributed by atoms with Crippen molar-refractivity contribution in [3.8, 4) is 11.5 Å². The third-order valence-electron chi connectivity index (χ3n) is 6.57. The van der Waals surface area contributed by atoms with Crippen molar-refractivity contribution in [1.82, 2.24) is 20.4 Å².